The monoisotopic (exact) mass is 371 g/mol. The summed E-state index contributed by atoms with van der Waals surface area (Å²) in [5, 5.41) is 8.44. The Balaban J connectivity index is 1.37. The first kappa shape index (κ1) is 17.8. The van der Waals surface area contributed by atoms with Crippen LogP contribution < -0.4 is 9.47 Å². The molecule has 0 bridgehead atoms. The molecule has 1 saturated heterocycles. The van der Waals surface area contributed by atoms with E-state index in [2.05, 4.69) is 19.7 Å². The van der Waals surface area contributed by atoms with Gasteiger partial charge in [-0.2, -0.15) is 4.98 Å². The van der Waals surface area contributed by atoms with E-state index in [1.807, 2.05) is 11.2 Å². The molecule has 8 nitrogen and oxygen atoms in total. The molecule has 8 heteroatoms. The van der Waals surface area contributed by atoms with E-state index in [9.17, 15) is 4.79 Å². The smallest absolute Gasteiger partial charge is 0.259 e. The molecule has 0 spiro atoms. The lowest BCUT2D eigenvalue weighted by Crippen LogP contribution is -2.51. The first-order valence-corrected chi connectivity index (χ1v) is 9.46. The molecule has 0 aromatic carbocycles. The molecule has 1 amide bonds. The molecule has 1 saturated carbocycles. The Hall–Kier alpha value is -2.64. The normalized spacial score (nSPS) is 17.8. The van der Waals surface area contributed by atoms with Crippen molar-refractivity contribution in [1.29, 1.82) is 0 Å². The number of rotatable bonds is 6. The summed E-state index contributed by atoms with van der Waals surface area (Å²) in [6.07, 6.45) is 7.71. The number of nitrogens with zero attached hydrogens (tertiary/aromatic N) is 5. The number of ether oxygens (including phenoxy) is 2. The predicted molar refractivity (Wildman–Crippen MR) is 98.0 cm³/mol. The summed E-state index contributed by atoms with van der Waals surface area (Å²) in [5.41, 5.74) is 0.464. The number of amides is 1. The van der Waals surface area contributed by atoms with Gasteiger partial charge < -0.3 is 18.9 Å². The van der Waals surface area contributed by atoms with Crippen molar-refractivity contribution in [2.24, 2.45) is 5.92 Å². The Labute approximate surface area is 158 Å². The molecule has 27 heavy (non-hydrogen) atoms. The second-order valence-electron chi connectivity index (χ2n) is 7.28. The zero-order chi connectivity index (χ0) is 18.8. The van der Waals surface area contributed by atoms with Gasteiger partial charge in [-0.05, 0) is 18.9 Å². The Morgan fingerprint density at radius 2 is 1.96 bits per heavy atom. The summed E-state index contributed by atoms with van der Waals surface area (Å²) >= 11 is 0. The lowest BCUT2D eigenvalue weighted by molar-refractivity contribution is 0.0491. The Morgan fingerprint density at radius 3 is 2.67 bits per heavy atom. The molecular formula is C19H25N5O3. The van der Waals surface area contributed by atoms with Crippen LogP contribution in [0.4, 0.5) is 0 Å². The number of likely N-dealkylation sites (tertiary alicyclic amines) is 1. The third-order valence-electron chi connectivity index (χ3n) is 5.55. The van der Waals surface area contributed by atoms with Gasteiger partial charge in [-0.15, -0.1) is 10.2 Å². The molecule has 2 aliphatic rings. The lowest BCUT2D eigenvalue weighted by Gasteiger charge is -2.39. The molecule has 4 rings (SSSR count). The molecule has 2 aromatic heterocycles. The van der Waals surface area contributed by atoms with Crippen molar-refractivity contribution < 1.29 is 14.3 Å². The van der Waals surface area contributed by atoms with Crippen molar-refractivity contribution >= 4 is 5.91 Å². The van der Waals surface area contributed by atoms with Gasteiger partial charge in [0.25, 0.3) is 5.91 Å². The van der Waals surface area contributed by atoms with Gasteiger partial charge in [-0.1, -0.05) is 12.8 Å². The fourth-order valence-corrected chi connectivity index (χ4v) is 4.05. The fraction of sp³-hybridized carbons (Fsp3) is 0.579. The minimum absolute atomic E-state index is 0.0597. The quantitative estimate of drug-likeness (QED) is 0.774. The summed E-state index contributed by atoms with van der Waals surface area (Å²) in [4.78, 5) is 18.8. The zero-order valence-electron chi connectivity index (χ0n) is 15.8. The van der Waals surface area contributed by atoms with Crippen LogP contribution in [0.15, 0.2) is 18.5 Å². The van der Waals surface area contributed by atoms with Crippen LogP contribution in [0.2, 0.25) is 0 Å². The molecule has 1 aliphatic carbocycles. The van der Waals surface area contributed by atoms with Crippen molar-refractivity contribution in [3.63, 3.8) is 0 Å². The Bertz CT molecular complexity index is 809. The third kappa shape index (κ3) is 3.48. The van der Waals surface area contributed by atoms with Crippen molar-refractivity contribution in [1.82, 2.24) is 24.6 Å². The highest BCUT2D eigenvalue weighted by atomic mass is 16.5. The van der Waals surface area contributed by atoms with Gasteiger partial charge in [0.15, 0.2) is 0 Å². The van der Waals surface area contributed by atoms with Crippen molar-refractivity contribution in [3.05, 3.63) is 29.8 Å². The first-order valence-electron chi connectivity index (χ1n) is 9.46. The minimum Gasteiger partial charge on any atom is -0.481 e. The molecule has 1 aliphatic heterocycles. The molecular weight excluding hydrogens is 346 g/mol. The molecule has 144 valence electrons. The van der Waals surface area contributed by atoms with Crippen LogP contribution in [0.25, 0.3) is 0 Å². The van der Waals surface area contributed by atoms with Crippen molar-refractivity contribution in [3.8, 4) is 11.8 Å². The summed E-state index contributed by atoms with van der Waals surface area (Å²) in [5.74, 6) is 2.12. The van der Waals surface area contributed by atoms with Gasteiger partial charge in [0.1, 0.15) is 17.7 Å². The van der Waals surface area contributed by atoms with E-state index in [0.717, 1.165) is 12.2 Å². The topological polar surface area (TPSA) is 82.4 Å². The van der Waals surface area contributed by atoms with Gasteiger partial charge in [-0.3, -0.25) is 4.79 Å². The largest absolute Gasteiger partial charge is 0.481 e. The molecule has 0 atom stereocenters. The van der Waals surface area contributed by atoms with Crippen LogP contribution in [-0.2, 0) is 6.42 Å². The van der Waals surface area contributed by atoms with Crippen LogP contribution in [0.1, 0.15) is 47.9 Å². The predicted octanol–water partition coefficient (Wildman–Crippen LogP) is 2.12. The number of aromatic nitrogens is 4. The van der Waals surface area contributed by atoms with E-state index in [-0.39, 0.29) is 5.91 Å². The number of pyridine rings is 1. The molecule has 2 aromatic rings. The highest BCUT2D eigenvalue weighted by Crippen LogP contribution is 2.31. The molecule has 2 fully saturated rings. The van der Waals surface area contributed by atoms with E-state index in [4.69, 9.17) is 9.47 Å². The average molecular weight is 371 g/mol. The maximum atomic E-state index is 12.8. The Kier molecular flexibility index (Phi) is 4.96. The third-order valence-corrected chi connectivity index (χ3v) is 5.55. The summed E-state index contributed by atoms with van der Waals surface area (Å²) < 4.78 is 12.6. The summed E-state index contributed by atoms with van der Waals surface area (Å²) in [6, 6.07) is 3.93. The standard InChI is InChI=1S/C19H25N5O3/c1-26-17-8-7-15(18(21-17)27-2)19(25)23-10-13(11-23)9-16-22-20-12-24(16)14-5-3-4-6-14/h7-8,12-14H,3-6,9-11H2,1-2H3. The van der Waals surface area contributed by atoms with Crippen LogP contribution in [-0.4, -0.2) is 57.9 Å². The van der Waals surface area contributed by atoms with E-state index in [1.54, 1.807) is 12.1 Å². The van der Waals surface area contributed by atoms with Crippen molar-refractivity contribution in [2.45, 2.75) is 38.1 Å². The Morgan fingerprint density at radius 1 is 1.19 bits per heavy atom. The number of hydrogen-bond donors (Lipinski definition) is 0. The molecule has 0 radical (unpaired) electrons. The fourth-order valence-electron chi connectivity index (χ4n) is 4.05. The average Bonchev–Trinajstić information content (AvgIpc) is 3.34. The number of carbonyl (C=O) groups excluding carboxylic acids is 1. The van der Waals surface area contributed by atoms with Crippen molar-refractivity contribution in [2.75, 3.05) is 27.3 Å². The van der Waals surface area contributed by atoms with Gasteiger partial charge in [-0.25, -0.2) is 0 Å². The van der Waals surface area contributed by atoms with E-state index in [0.29, 0.717) is 42.4 Å². The lowest BCUT2D eigenvalue weighted by atomic mass is 9.95. The van der Waals surface area contributed by atoms with Gasteiger partial charge in [0.2, 0.25) is 11.8 Å². The van der Waals surface area contributed by atoms with Crippen LogP contribution in [0.3, 0.4) is 0 Å². The highest BCUT2D eigenvalue weighted by Gasteiger charge is 2.34. The van der Waals surface area contributed by atoms with Gasteiger partial charge in [0.05, 0.1) is 14.2 Å². The maximum absolute atomic E-state index is 12.8. The molecule has 3 heterocycles. The van der Waals surface area contributed by atoms with E-state index in [1.165, 1.54) is 39.9 Å². The second kappa shape index (κ2) is 7.54. The molecule has 0 unspecified atom stereocenters. The van der Waals surface area contributed by atoms with Crippen LogP contribution >= 0.6 is 0 Å². The number of methoxy groups -OCH3 is 2. The summed E-state index contributed by atoms with van der Waals surface area (Å²) in [6.45, 7) is 1.43. The van der Waals surface area contributed by atoms with E-state index < -0.39 is 0 Å². The summed E-state index contributed by atoms with van der Waals surface area (Å²) in [7, 11) is 3.04. The SMILES string of the molecule is COc1ccc(C(=O)N2CC(Cc3nncn3C3CCCC3)C2)c(OC)n1. The zero-order valence-corrected chi connectivity index (χ0v) is 15.8. The number of carbonyl (C=O) groups is 1. The first-order chi connectivity index (χ1) is 13.2. The molecule has 0 N–H and O–H groups in total. The van der Waals surface area contributed by atoms with Gasteiger partial charge in [0, 0.05) is 37.5 Å². The highest BCUT2D eigenvalue weighted by molar-refractivity contribution is 5.97. The minimum atomic E-state index is -0.0597. The second-order valence-corrected chi connectivity index (χ2v) is 7.28. The maximum Gasteiger partial charge on any atom is 0.259 e. The van der Waals surface area contributed by atoms with Crippen LogP contribution in [0.5, 0.6) is 11.8 Å². The number of hydrogen-bond acceptors (Lipinski definition) is 6. The van der Waals surface area contributed by atoms with Crippen LogP contribution in [0, 0.1) is 5.92 Å². The van der Waals surface area contributed by atoms with Gasteiger partial charge >= 0.3 is 0 Å². The van der Waals surface area contributed by atoms with E-state index >= 15 is 0 Å².